The number of anilines is 2. The molecule has 4 rings (SSSR count). The first kappa shape index (κ1) is 25.9. The van der Waals surface area contributed by atoms with E-state index in [9.17, 15) is 9.59 Å². The first-order valence-corrected chi connectivity index (χ1v) is 12.6. The third-order valence-electron chi connectivity index (χ3n) is 5.37. The van der Waals surface area contributed by atoms with Gasteiger partial charge in [0.2, 0.25) is 5.95 Å². The van der Waals surface area contributed by atoms with Gasteiger partial charge in [0.15, 0.2) is 0 Å². The van der Waals surface area contributed by atoms with Crippen LogP contribution in [-0.4, -0.2) is 63.0 Å². The van der Waals surface area contributed by atoms with Gasteiger partial charge in [0.25, 0.3) is 11.8 Å². The number of nitrogens with one attached hydrogen (secondary N) is 2. The summed E-state index contributed by atoms with van der Waals surface area (Å²) in [5, 5.41) is 6.57. The highest BCUT2D eigenvalue weighted by Crippen LogP contribution is 2.28. The number of morpholine rings is 1. The molecule has 13 heteroatoms. The standard InChI is InChI=1S/C23H27ClN8O3S/c1-13(29-19(33)15-9-17(28-12-27-15)32-5-7-35-8-6-32)21-25-11-16(36-21)20(34)31-22-26-10-14(24)18(30-22)23(2,3)4/h9-13H,5-8H2,1-4H3,(H,29,33)(H,26,30,31,34). The third kappa shape index (κ3) is 6.12. The van der Waals surface area contributed by atoms with Crippen LogP contribution >= 0.6 is 22.9 Å². The fraction of sp³-hybridized carbons (Fsp3) is 0.435. The Hall–Kier alpha value is -3.22. The first-order chi connectivity index (χ1) is 17.1. The number of thiazole rings is 1. The van der Waals surface area contributed by atoms with E-state index in [4.69, 9.17) is 16.3 Å². The van der Waals surface area contributed by atoms with E-state index in [-0.39, 0.29) is 23.0 Å². The molecular formula is C23H27ClN8O3S. The second kappa shape index (κ2) is 10.8. The minimum absolute atomic E-state index is 0.158. The van der Waals surface area contributed by atoms with Crippen molar-refractivity contribution >= 4 is 46.5 Å². The molecule has 3 aromatic heterocycles. The van der Waals surface area contributed by atoms with Crippen LogP contribution in [0.25, 0.3) is 0 Å². The summed E-state index contributed by atoms with van der Waals surface area (Å²) in [6.07, 6.45) is 4.30. The Kier molecular flexibility index (Phi) is 7.76. The smallest absolute Gasteiger partial charge is 0.270 e. The molecule has 0 spiro atoms. The van der Waals surface area contributed by atoms with Crippen molar-refractivity contribution in [1.82, 2.24) is 30.2 Å². The number of ether oxygens (including phenoxy) is 1. The Bertz CT molecular complexity index is 1260. The molecule has 0 aromatic carbocycles. The average molecular weight is 531 g/mol. The Morgan fingerprint density at radius 2 is 1.86 bits per heavy atom. The normalized spacial score (nSPS) is 14.9. The number of nitrogens with zero attached hydrogens (tertiary/aromatic N) is 6. The summed E-state index contributed by atoms with van der Waals surface area (Å²) < 4.78 is 5.36. The van der Waals surface area contributed by atoms with Gasteiger partial charge in [0.1, 0.15) is 27.7 Å². The largest absolute Gasteiger partial charge is 0.378 e. The highest BCUT2D eigenvalue weighted by Gasteiger charge is 2.23. The van der Waals surface area contributed by atoms with Crippen LogP contribution in [0, 0.1) is 0 Å². The predicted molar refractivity (Wildman–Crippen MR) is 137 cm³/mol. The van der Waals surface area contributed by atoms with Crippen molar-refractivity contribution in [3.8, 4) is 0 Å². The molecule has 1 atom stereocenters. The summed E-state index contributed by atoms with van der Waals surface area (Å²) in [5.74, 6) is 0.0825. The van der Waals surface area contributed by atoms with Gasteiger partial charge in [0.05, 0.1) is 42.4 Å². The van der Waals surface area contributed by atoms with Crippen LogP contribution in [0.2, 0.25) is 5.02 Å². The van der Waals surface area contributed by atoms with Crippen LogP contribution in [0.1, 0.15) is 64.6 Å². The van der Waals surface area contributed by atoms with Gasteiger partial charge in [-0.2, -0.15) is 0 Å². The van der Waals surface area contributed by atoms with Crippen molar-refractivity contribution in [2.75, 3.05) is 36.5 Å². The molecule has 1 unspecified atom stereocenters. The molecule has 1 saturated heterocycles. The Morgan fingerprint density at radius 3 is 2.58 bits per heavy atom. The van der Waals surface area contributed by atoms with Gasteiger partial charge in [-0.25, -0.2) is 24.9 Å². The predicted octanol–water partition coefficient (Wildman–Crippen LogP) is 3.25. The maximum absolute atomic E-state index is 12.8. The molecule has 1 aliphatic rings. The summed E-state index contributed by atoms with van der Waals surface area (Å²) in [6, 6.07) is 1.22. The van der Waals surface area contributed by atoms with E-state index in [0.717, 1.165) is 0 Å². The molecule has 0 bridgehead atoms. The van der Waals surface area contributed by atoms with Gasteiger partial charge in [0, 0.05) is 24.6 Å². The molecule has 2 N–H and O–H groups in total. The second-order valence-electron chi connectivity index (χ2n) is 9.21. The topological polar surface area (TPSA) is 135 Å². The maximum atomic E-state index is 12.8. The lowest BCUT2D eigenvalue weighted by Crippen LogP contribution is -2.37. The number of rotatable bonds is 6. The Morgan fingerprint density at radius 1 is 1.11 bits per heavy atom. The number of hydrogen-bond acceptors (Lipinski definition) is 10. The lowest BCUT2D eigenvalue weighted by Gasteiger charge is -2.27. The summed E-state index contributed by atoms with van der Waals surface area (Å²) >= 11 is 7.38. The summed E-state index contributed by atoms with van der Waals surface area (Å²) in [4.78, 5) is 49.2. The van der Waals surface area contributed by atoms with E-state index >= 15 is 0 Å². The summed E-state index contributed by atoms with van der Waals surface area (Å²) in [6.45, 7) is 10.4. The quantitative estimate of drug-likeness (QED) is 0.492. The SMILES string of the molecule is CC(NC(=O)c1cc(N2CCOCC2)ncn1)c1ncc(C(=O)Nc2ncc(Cl)c(C(C)(C)C)n2)s1. The number of amides is 2. The Balaban J connectivity index is 1.40. The van der Waals surface area contributed by atoms with Gasteiger partial charge in [-0.15, -0.1) is 11.3 Å². The maximum Gasteiger partial charge on any atom is 0.270 e. The lowest BCUT2D eigenvalue weighted by molar-refractivity contribution is 0.0934. The molecule has 36 heavy (non-hydrogen) atoms. The zero-order chi connectivity index (χ0) is 25.9. The van der Waals surface area contributed by atoms with Gasteiger partial charge < -0.3 is 15.0 Å². The van der Waals surface area contributed by atoms with Gasteiger partial charge in [-0.05, 0) is 6.92 Å². The molecule has 4 heterocycles. The lowest BCUT2D eigenvalue weighted by atomic mass is 9.92. The molecule has 2 amide bonds. The van der Waals surface area contributed by atoms with Gasteiger partial charge in [-0.1, -0.05) is 32.4 Å². The van der Waals surface area contributed by atoms with E-state index in [1.54, 1.807) is 13.0 Å². The number of aromatic nitrogens is 5. The van der Waals surface area contributed by atoms with Crippen molar-refractivity contribution in [1.29, 1.82) is 0 Å². The molecule has 0 aliphatic carbocycles. The van der Waals surface area contributed by atoms with E-state index in [1.165, 1.54) is 30.1 Å². The second-order valence-corrected chi connectivity index (χ2v) is 10.7. The van der Waals surface area contributed by atoms with Crippen LogP contribution in [-0.2, 0) is 10.2 Å². The third-order valence-corrected chi connectivity index (χ3v) is 6.82. The van der Waals surface area contributed by atoms with Crippen molar-refractivity contribution in [3.63, 3.8) is 0 Å². The molecule has 0 radical (unpaired) electrons. The molecular weight excluding hydrogens is 504 g/mol. The zero-order valence-corrected chi connectivity index (χ0v) is 22.0. The van der Waals surface area contributed by atoms with Crippen molar-refractivity contribution in [2.45, 2.75) is 39.2 Å². The summed E-state index contributed by atoms with van der Waals surface area (Å²) in [7, 11) is 0. The van der Waals surface area contributed by atoms with Gasteiger partial charge >= 0.3 is 0 Å². The van der Waals surface area contributed by atoms with E-state index in [1.807, 2.05) is 25.7 Å². The molecule has 11 nitrogen and oxygen atoms in total. The van der Waals surface area contributed by atoms with Crippen molar-refractivity contribution in [3.05, 3.63) is 51.1 Å². The number of hydrogen-bond donors (Lipinski definition) is 2. The van der Waals surface area contributed by atoms with Crippen LogP contribution in [0.3, 0.4) is 0 Å². The van der Waals surface area contributed by atoms with E-state index in [0.29, 0.717) is 52.7 Å². The van der Waals surface area contributed by atoms with Crippen molar-refractivity contribution < 1.29 is 14.3 Å². The summed E-state index contributed by atoms with van der Waals surface area (Å²) in [5.41, 5.74) is 0.581. The minimum Gasteiger partial charge on any atom is -0.378 e. The fourth-order valence-corrected chi connectivity index (χ4v) is 4.67. The van der Waals surface area contributed by atoms with Crippen LogP contribution in [0.4, 0.5) is 11.8 Å². The Labute approximate surface area is 217 Å². The molecule has 1 aliphatic heterocycles. The van der Waals surface area contributed by atoms with Crippen LogP contribution in [0.15, 0.2) is 24.8 Å². The average Bonchev–Trinajstić information content (AvgIpc) is 3.36. The van der Waals surface area contributed by atoms with Crippen LogP contribution in [0.5, 0.6) is 0 Å². The van der Waals surface area contributed by atoms with Crippen LogP contribution < -0.4 is 15.5 Å². The van der Waals surface area contributed by atoms with E-state index < -0.39 is 11.9 Å². The number of halogens is 1. The first-order valence-electron chi connectivity index (χ1n) is 11.4. The van der Waals surface area contributed by atoms with Crippen molar-refractivity contribution in [2.24, 2.45) is 0 Å². The number of carbonyl (C=O) groups excluding carboxylic acids is 2. The van der Waals surface area contributed by atoms with E-state index in [2.05, 4.69) is 35.6 Å². The highest BCUT2D eigenvalue weighted by atomic mass is 35.5. The highest BCUT2D eigenvalue weighted by molar-refractivity contribution is 7.13. The zero-order valence-electron chi connectivity index (χ0n) is 20.4. The number of carbonyl (C=O) groups is 2. The minimum atomic E-state index is -0.440. The molecule has 1 fully saturated rings. The fourth-order valence-electron chi connectivity index (χ4n) is 3.48. The molecule has 190 valence electrons. The molecule has 3 aromatic rings. The van der Waals surface area contributed by atoms with Gasteiger partial charge in [-0.3, -0.25) is 14.9 Å². The molecule has 0 saturated carbocycles. The monoisotopic (exact) mass is 530 g/mol.